The van der Waals surface area contributed by atoms with E-state index in [-0.39, 0.29) is 23.2 Å². The maximum Gasteiger partial charge on any atom is 0.397 e. The van der Waals surface area contributed by atoms with Gasteiger partial charge >= 0.3 is 10.4 Å². The van der Waals surface area contributed by atoms with E-state index in [2.05, 4.69) is 6.92 Å². The van der Waals surface area contributed by atoms with Gasteiger partial charge < -0.3 is 0 Å². The van der Waals surface area contributed by atoms with Gasteiger partial charge in [0, 0.05) is 6.42 Å². The van der Waals surface area contributed by atoms with Gasteiger partial charge in [0.2, 0.25) is 0 Å². The molecule has 0 bridgehead atoms. The first kappa shape index (κ1) is 17.7. The van der Waals surface area contributed by atoms with E-state index < -0.39 is 10.4 Å². The van der Waals surface area contributed by atoms with Crippen LogP contribution >= 0.6 is 0 Å². The normalized spacial score (nSPS) is 43.8. The Bertz CT molecular complexity index is 711. The van der Waals surface area contributed by atoms with E-state index in [1.54, 1.807) is 0 Å². The smallest absolute Gasteiger partial charge is 0.295 e. The molecule has 0 unspecified atom stereocenters. The van der Waals surface area contributed by atoms with Crippen LogP contribution < -0.4 is 0 Å². The highest BCUT2D eigenvalue weighted by atomic mass is 32.3. The second-order valence-corrected chi connectivity index (χ2v) is 10.0. The Balaban J connectivity index is 1.61. The topological polar surface area (TPSA) is 80.7 Å². The third-order valence-corrected chi connectivity index (χ3v) is 8.40. The fourth-order valence-electron chi connectivity index (χ4n) is 6.80. The average Bonchev–Trinajstić information content (AvgIpc) is 2.98. The summed E-state index contributed by atoms with van der Waals surface area (Å²) in [5, 5.41) is 0. The summed E-state index contributed by atoms with van der Waals surface area (Å²) in [4.78, 5) is 11.9. The molecular formula is C19H28O5S. The van der Waals surface area contributed by atoms with Gasteiger partial charge in [0.1, 0.15) is 0 Å². The van der Waals surface area contributed by atoms with Crippen LogP contribution in [0.2, 0.25) is 0 Å². The molecular weight excluding hydrogens is 340 g/mol. The molecule has 1 N–H and O–H groups in total. The lowest BCUT2D eigenvalue weighted by Gasteiger charge is -2.57. The van der Waals surface area contributed by atoms with Crippen molar-refractivity contribution in [1.82, 2.24) is 0 Å². The molecule has 5 nitrogen and oxygen atoms in total. The Morgan fingerprint density at radius 1 is 1.16 bits per heavy atom. The molecule has 0 radical (unpaired) electrons. The van der Waals surface area contributed by atoms with Gasteiger partial charge in [0.05, 0.1) is 6.61 Å². The van der Waals surface area contributed by atoms with Crippen molar-refractivity contribution in [3.8, 4) is 0 Å². The van der Waals surface area contributed by atoms with E-state index in [0.717, 1.165) is 51.4 Å². The third kappa shape index (κ3) is 2.90. The number of hydrogen-bond donors (Lipinski definition) is 1. The van der Waals surface area contributed by atoms with E-state index in [4.69, 9.17) is 8.74 Å². The Morgan fingerprint density at radius 2 is 1.96 bits per heavy atom. The van der Waals surface area contributed by atoms with Crippen molar-refractivity contribution < 1.29 is 21.9 Å². The quantitative estimate of drug-likeness (QED) is 0.768. The monoisotopic (exact) mass is 368 g/mol. The predicted molar refractivity (Wildman–Crippen MR) is 93.2 cm³/mol. The summed E-state index contributed by atoms with van der Waals surface area (Å²) in [5.41, 5.74) is 1.39. The van der Waals surface area contributed by atoms with Gasteiger partial charge in [0.25, 0.3) is 0 Å². The number of hydrogen-bond acceptors (Lipinski definition) is 4. The van der Waals surface area contributed by atoms with Crippen LogP contribution in [-0.4, -0.2) is 25.4 Å². The van der Waals surface area contributed by atoms with Crippen LogP contribution in [-0.2, 0) is 19.4 Å². The Labute approximate surface area is 150 Å². The Hall–Kier alpha value is -0.720. The lowest BCUT2D eigenvalue weighted by atomic mass is 9.47. The number of carbonyl (C=O) groups is 1. The van der Waals surface area contributed by atoms with Crippen LogP contribution in [0, 0.1) is 28.6 Å². The summed E-state index contributed by atoms with van der Waals surface area (Å²) in [5.74, 6) is 1.92. The van der Waals surface area contributed by atoms with E-state index in [9.17, 15) is 13.2 Å². The van der Waals surface area contributed by atoms with Gasteiger partial charge in [-0.2, -0.15) is 8.42 Å². The maximum absolute atomic E-state index is 11.9. The van der Waals surface area contributed by atoms with Crippen molar-refractivity contribution in [2.24, 2.45) is 28.6 Å². The van der Waals surface area contributed by atoms with E-state index in [1.165, 1.54) is 5.57 Å². The van der Waals surface area contributed by atoms with Gasteiger partial charge in [-0.15, -0.1) is 0 Å². The van der Waals surface area contributed by atoms with Crippen LogP contribution in [0.3, 0.4) is 0 Å². The summed E-state index contributed by atoms with van der Waals surface area (Å²) in [6, 6.07) is 0. The van der Waals surface area contributed by atoms with Crippen molar-refractivity contribution in [3.05, 3.63) is 11.6 Å². The zero-order chi connectivity index (χ0) is 17.9. The minimum absolute atomic E-state index is 0.0982. The number of carbonyl (C=O) groups excluding carboxylic acids is 1. The lowest BCUT2D eigenvalue weighted by Crippen LogP contribution is -2.51. The number of fused-ring (bicyclic) bond motifs is 5. The molecule has 0 saturated heterocycles. The number of allylic oxidation sites excluding steroid dienone is 1. The van der Waals surface area contributed by atoms with Gasteiger partial charge in [0.15, 0.2) is 5.78 Å². The molecule has 0 amide bonds. The molecule has 3 fully saturated rings. The minimum Gasteiger partial charge on any atom is -0.295 e. The molecule has 25 heavy (non-hydrogen) atoms. The molecule has 0 heterocycles. The van der Waals surface area contributed by atoms with Crippen molar-refractivity contribution in [2.45, 2.75) is 64.7 Å². The highest BCUT2D eigenvalue weighted by Crippen LogP contribution is 2.65. The van der Waals surface area contributed by atoms with Gasteiger partial charge in [-0.3, -0.25) is 9.35 Å². The molecule has 6 heteroatoms. The molecule has 0 spiro atoms. The first-order valence-electron chi connectivity index (χ1n) is 9.59. The van der Waals surface area contributed by atoms with Crippen molar-refractivity contribution in [3.63, 3.8) is 0 Å². The second-order valence-electron chi connectivity index (χ2n) is 8.95. The zero-order valence-electron chi connectivity index (χ0n) is 14.9. The number of rotatable bonds is 3. The summed E-state index contributed by atoms with van der Waals surface area (Å²) in [6.45, 7) is 2.47. The van der Waals surface area contributed by atoms with E-state index >= 15 is 0 Å². The largest absolute Gasteiger partial charge is 0.397 e. The van der Waals surface area contributed by atoms with Crippen LogP contribution in [0.1, 0.15) is 64.7 Å². The summed E-state index contributed by atoms with van der Waals surface area (Å²) in [7, 11) is -4.38. The SMILES string of the molecule is C[C@]12CCC(=O)C=C1CC[C@H]1[C@@H]3CCC[C@@]3(COS(=O)(=O)O)CC[C@@H]12. The predicted octanol–water partition coefficient (Wildman–Crippen LogP) is 3.71. The minimum atomic E-state index is -4.38. The molecule has 4 rings (SSSR count). The van der Waals surface area contributed by atoms with Crippen LogP contribution in [0.4, 0.5) is 0 Å². The summed E-state index contributed by atoms with van der Waals surface area (Å²) >= 11 is 0. The summed E-state index contributed by atoms with van der Waals surface area (Å²) in [6.07, 6.45) is 10.9. The third-order valence-electron chi connectivity index (χ3n) is 7.98. The van der Waals surface area contributed by atoms with Crippen molar-refractivity contribution in [2.75, 3.05) is 6.61 Å². The Morgan fingerprint density at radius 3 is 2.72 bits per heavy atom. The standard InChI is InChI=1S/C19H28O5S/c1-18-9-6-14(20)11-13(18)4-5-15-16(18)7-10-19(8-2-3-17(15)19)12-24-25(21,22)23/h11,15-17H,2-10,12H2,1H3,(H,21,22,23)/t15-,16+,17+,18+,19+/m1/s1. The Kier molecular flexibility index (Phi) is 4.17. The molecule has 5 atom stereocenters. The fraction of sp³-hybridized carbons (Fsp3) is 0.842. The molecule has 140 valence electrons. The zero-order valence-corrected chi connectivity index (χ0v) is 15.7. The fourth-order valence-corrected chi connectivity index (χ4v) is 7.18. The molecule has 0 aliphatic heterocycles. The molecule has 0 aromatic rings. The molecule has 0 aromatic heterocycles. The van der Waals surface area contributed by atoms with Gasteiger partial charge in [-0.25, -0.2) is 4.18 Å². The molecule has 4 aliphatic rings. The molecule has 4 aliphatic carbocycles. The van der Waals surface area contributed by atoms with Crippen LogP contribution in [0.5, 0.6) is 0 Å². The highest BCUT2D eigenvalue weighted by molar-refractivity contribution is 7.80. The van der Waals surface area contributed by atoms with E-state index in [0.29, 0.717) is 24.2 Å². The first-order chi connectivity index (χ1) is 11.7. The van der Waals surface area contributed by atoms with Crippen molar-refractivity contribution in [1.29, 1.82) is 0 Å². The van der Waals surface area contributed by atoms with Gasteiger partial charge in [-0.05, 0) is 79.6 Å². The average molecular weight is 368 g/mol. The van der Waals surface area contributed by atoms with E-state index in [1.807, 2.05) is 6.08 Å². The number of ketones is 1. The molecule has 0 aromatic carbocycles. The van der Waals surface area contributed by atoms with Crippen LogP contribution in [0.25, 0.3) is 0 Å². The maximum atomic E-state index is 11.9. The summed E-state index contributed by atoms with van der Waals surface area (Å²) < 4.78 is 36.1. The molecule has 3 saturated carbocycles. The highest BCUT2D eigenvalue weighted by Gasteiger charge is 2.58. The lowest BCUT2D eigenvalue weighted by molar-refractivity contribution is -0.117. The van der Waals surface area contributed by atoms with Crippen molar-refractivity contribution >= 4 is 16.2 Å². The second kappa shape index (κ2) is 5.89. The van der Waals surface area contributed by atoms with Gasteiger partial charge in [-0.1, -0.05) is 18.9 Å². The van der Waals surface area contributed by atoms with Crippen LogP contribution in [0.15, 0.2) is 11.6 Å². The first-order valence-corrected chi connectivity index (χ1v) is 11.0.